The molecule has 0 aliphatic rings. The van der Waals surface area contributed by atoms with E-state index in [4.69, 9.17) is 9.47 Å². The minimum atomic E-state index is -0.130. The first kappa shape index (κ1) is 14.6. The zero-order valence-corrected chi connectivity index (χ0v) is 11.3. The molecular weight excluding hydrogens is 228 g/mol. The van der Waals surface area contributed by atoms with Crippen LogP contribution in [0.4, 0.5) is 0 Å². The van der Waals surface area contributed by atoms with Crippen molar-refractivity contribution in [3.63, 3.8) is 0 Å². The SMILES string of the molecule is CCCCOC(=O)CCc1ccccc1OCC. The van der Waals surface area contributed by atoms with Gasteiger partial charge >= 0.3 is 5.97 Å². The van der Waals surface area contributed by atoms with Gasteiger partial charge in [-0.1, -0.05) is 31.5 Å². The molecule has 0 radical (unpaired) electrons. The van der Waals surface area contributed by atoms with Gasteiger partial charge in [0.2, 0.25) is 0 Å². The molecule has 0 aromatic heterocycles. The lowest BCUT2D eigenvalue weighted by atomic mass is 10.1. The van der Waals surface area contributed by atoms with Crippen molar-refractivity contribution in [2.75, 3.05) is 13.2 Å². The molecule has 18 heavy (non-hydrogen) atoms. The Morgan fingerprint density at radius 2 is 2.00 bits per heavy atom. The highest BCUT2D eigenvalue weighted by molar-refractivity contribution is 5.69. The maximum absolute atomic E-state index is 11.5. The van der Waals surface area contributed by atoms with E-state index in [9.17, 15) is 4.79 Å². The Labute approximate surface area is 109 Å². The van der Waals surface area contributed by atoms with Crippen LogP contribution in [0.1, 0.15) is 38.7 Å². The molecule has 3 nitrogen and oxygen atoms in total. The summed E-state index contributed by atoms with van der Waals surface area (Å²) in [5, 5.41) is 0. The lowest BCUT2D eigenvalue weighted by Crippen LogP contribution is -2.07. The number of unbranched alkanes of at least 4 members (excludes halogenated alkanes) is 1. The van der Waals surface area contributed by atoms with Crippen LogP contribution >= 0.6 is 0 Å². The summed E-state index contributed by atoms with van der Waals surface area (Å²) in [6, 6.07) is 7.82. The smallest absolute Gasteiger partial charge is 0.306 e. The zero-order chi connectivity index (χ0) is 13.2. The monoisotopic (exact) mass is 250 g/mol. The molecule has 0 fully saturated rings. The summed E-state index contributed by atoms with van der Waals surface area (Å²) in [7, 11) is 0. The predicted octanol–water partition coefficient (Wildman–Crippen LogP) is 3.36. The van der Waals surface area contributed by atoms with Gasteiger partial charge in [-0.2, -0.15) is 0 Å². The van der Waals surface area contributed by atoms with Crippen LogP contribution in [0.25, 0.3) is 0 Å². The first-order chi connectivity index (χ1) is 8.77. The van der Waals surface area contributed by atoms with Gasteiger partial charge < -0.3 is 9.47 Å². The second-order valence-electron chi connectivity index (χ2n) is 4.11. The molecule has 0 unspecified atom stereocenters. The van der Waals surface area contributed by atoms with Crippen molar-refractivity contribution in [1.29, 1.82) is 0 Å². The van der Waals surface area contributed by atoms with Crippen molar-refractivity contribution in [1.82, 2.24) is 0 Å². The summed E-state index contributed by atoms with van der Waals surface area (Å²) in [4.78, 5) is 11.5. The normalized spacial score (nSPS) is 10.1. The van der Waals surface area contributed by atoms with E-state index in [0.717, 1.165) is 24.2 Å². The number of rotatable bonds is 8. The van der Waals surface area contributed by atoms with E-state index >= 15 is 0 Å². The van der Waals surface area contributed by atoms with Crippen LogP contribution in [0.3, 0.4) is 0 Å². The molecule has 0 aliphatic carbocycles. The average Bonchev–Trinajstić information content (AvgIpc) is 2.38. The van der Waals surface area contributed by atoms with Crippen molar-refractivity contribution in [3.05, 3.63) is 29.8 Å². The second-order valence-corrected chi connectivity index (χ2v) is 4.11. The summed E-state index contributed by atoms with van der Waals surface area (Å²) in [5.41, 5.74) is 1.06. The Bertz CT molecular complexity index is 361. The molecular formula is C15H22O3. The van der Waals surface area contributed by atoms with E-state index in [1.807, 2.05) is 31.2 Å². The van der Waals surface area contributed by atoms with E-state index in [1.165, 1.54) is 0 Å². The summed E-state index contributed by atoms with van der Waals surface area (Å²) in [6.07, 6.45) is 3.05. The van der Waals surface area contributed by atoms with Gasteiger partial charge in [-0.25, -0.2) is 0 Å². The van der Waals surface area contributed by atoms with Crippen LogP contribution in [0, 0.1) is 0 Å². The molecule has 100 valence electrons. The van der Waals surface area contributed by atoms with Crippen LogP contribution in [-0.4, -0.2) is 19.2 Å². The van der Waals surface area contributed by atoms with E-state index in [1.54, 1.807) is 0 Å². The van der Waals surface area contributed by atoms with Gasteiger partial charge in [-0.15, -0.1) is 0 Å². The number of para-hydroxylation sites is 1. The molecule has 1 rings (SSSR count). The van der Waals surface area contributed by atoms with Crippen LogP contribution < -0.4 is 4.74 Å². The number of benzene rings is 1. The van der Waals surface area contributed by atoms with E-state index in [2.05, 4.69) is 6.92 Å². The first-order valence-corrected chi connectivity index (χ1v) is 6.64. The standard InChI is InChI=1S/C15H22O3/c1-3-5-12-18-15(16)11-10-13-8-6-7-9-14(13)17-4-2/h6-9H,3-5,10-12H2,1-2H3. The largest absolute Gasteiger partial charge is 0.494 e. The number of esters is 1. The Morgan fingerprint density at radius 1 is 1.22 bits per heavy atom. The van der Waals surface area contributed by atoms with E-state index in [-0.39, 0.29) is 5.97 Å². The van der Waals surface area contributed by atoms with Gasteiger partial charge in [-0.3, -0.25) is 4.79 Å². The molecule has 0 N–H and O–H groups in total. The third-order valence-electron chi connectivity index (χ3n) is 2.63. The topological polar surface area (TPSA) is 35.5 Å². The number of carbonyl (C=O) groups excluding carboxylic acids is 1. The lowest BCUT2D eigenvalue weighted by Gasteiger charge is -2.09. The van der Waals surface area contributed by atoms with E-state index in [0.29, 0.717) is 26.1 Å². The third-order valence-corrected chi connectivity index (χ3v) is 2.63. The number of hydrogen-bond donors (Lipinski definition) is 0. The van der Waals surface area contributed by atoms with Gasteiger partial charge in [0, 0.05) is 6.42 Å². The lowest BCUT2D eigenvalue weighted by molar-refractivity contribution is -0.143. The van der Waals surface area contributed by atoms with Crippen molar-refractivity contribution in [2.45, 2.75) is 39.5 Å². The molecule has 0 saturated carbocycles. The molecule has 0 saturated heterocycles. The predicted molar refractivity (Wildman–Crippen MR) is 71.8 cm³/mol. The van der Waals surface area contributed by atoms with Crippen LogP contribution in [-0.2, 0) is 16.0 Å². The summed E-state index contributed by atoms with van der Waals surface area (Å²) in [6.45, 7) is 5.20. The Kier molecular flexibility index (Phi) is 6.92. The molecule has 0 heterocycles. The molecule has 0 atom stereocenters. The first-order valence-electron chi connectivity index (χ1n) is 6.64. The highest BCUT2D eigenvalue weighted by Gasteiger charge is 2.07. The van der Waals surface area contributed by atoms with Crippen LogP contribution in [0.2, 0.25) is 0 Å². The Hall–Kier alpha value is -1.51. The quantitative estimate of drug-likeness (QED) is 0.524. The Morgan fingerprint density at radius 3 is 2.72 bits per heavy atom. The van der Waals surface area contributed by atoms with Crippen molar-refractivity contribution in [3.8, 4) is 5.75 Å². The van der Waals surface area contributed by atoms with Crippen molar-refractivity contribution >= 4 is 5.97 Å². The third kappa shape index (κ3) is 5.21. The fourth-order valence-corrected chi connectivity index (χ4v) is 1.65. The minimum absolute atomic E-state index is 0.130. The highest BCUT2D eigenvalue weighted by Crippen LogP contribution is 2.19. The second kappa shape index (κ2) is 8.56. The summed E-state index contributed by atoms with van der Waals surface area (Å²) >= 11 is 0. The van der Waals surface area contributed by atoms with Crippen molar-refractivity contribution < 1.29 is 14.3 Å². The number of aryl methyl sites for hydroxylation is 1. The van der Waals surface area contributed by atoms with Gasteiger partial charge in [-0.05, 0) is 31.4 Å². The average molecular weight is 250 g/mol. The molecule has 1 aromatic carbocycles. The number of ether oxygens (including phenoxy) is 2. The molecule has 0 spiro atoms. The molecule has 3 heteroatoms. The highest BCUT2D eigenvalue weighted by atomic mass is 16.5. The fraction of sp³-hybridized carbons (Fsp3) is 0.533. The minimum Gasteiger partial charge on any atom is -0.494 e. The molecule has 0 bridgehead atoms. The van der Waals surface area contributed by atoms with Crippen LogP contribution in [0.5, 0.6) is 5.75 Å². The maximum atomic E-state index is 11.5. The Balaban J connectivity index is 2.40. The van der Waals surface area contributed by atoms with E-state index < -0.39 is 0 Å². The molecule has 0 aliphatic heterocycles. The zero-order valence-electron chi connectivity index (χ0n) is 11.3. The van der Waals surface area contributed by atoms with Gasteiger partial charge in [0.25, 0.3) is 0 Å². The summed E-state index contributed by atoms with van der Waals surface area (Å²) in [5.74, 6) is 0.733. The number of hydrogen-bond acceptors (Lipinski definition) is 3. The molecule has 0 amide bonds. The van der Waals surface area contributed by atoms with Gasteiger partial charge in [0.15, 0.2) is 0 Å². The summed E-state index contributed by atoms with van der Waals surface area (Å²) < 4.78 is 10.6. The van der Waals surface area contributed by atoms with Gasteiger partial charge in [0.05, 0.1) is 13.2 Å². The molecule has 1 aromatic rings. The van der Waals surface area contributed by atoms with Crippen molar-refractivity contribution in [2.24, 2.45) is 0 Å². The van der Waals surface area contributed by atoms with Gasteiger partial charge in [0.1, 0.15) is 5.75 Å². The fourth-order valence-electron chi connectivity index (χ4n) is 1.65. The maximum Gasteiger partial charge on any atom is 0.306 e. The number of carbonyl (C=O) groups is 1. The van der Waals surface area contributed by atoms with Crippen LogP contribution in [0.15, 0.2) is 24.3 Å².